The van der Waals surface area contributed by atoms with Crippen LogP contribution in [-0.4, -0.2) is 54.8 Å². The molecule has 2 aromatic carbocycles. The maximum absolute atomic E-state index is 12.7. The molecule has 0 aliphatic heterocycles. The summed E-state index contributed by atoms with van der Waals surface area (Å²) in [6.07, 6.45) is 5.66. The average Bonchev–Trinajstić information content (AvgIpc) is 3.73. The third-order valence-corrected chi connectivity index (χ3v) is 7.90. The molecule has 2 amide bonds. The molecule has 220 valence electrons. The highest BCUT2D eigenvalue weighted by molar-refractivity contribution is 7.99. The molecule has 5 rings (SSSR count). The summed E-state index contributed by atoms with van der Waals surface area (Å²) >= 11 is 14.1. The van der Waals surface area contributed by atoms with Crippen LogP contribution in [-0.2, 0) is 9.59 Å². The number of rotatable bonds is 10. The number of halogens is 2. The summed E-state index contributed by atoms with van der Waals surface area (Å²) in [5.74, 6) is 6.26. The van der Waals surface area contributed by atoms with Gasteiger partial charge in [0.2, 0.25) is 17.0 Å². The predicted octanol–water partition coefficient (Wildman–Crippen LogP) is 5.33. The molecule has 0 saturated heterocycles. The van der Waals surface area contributed by atoms with E-state index in [4.69, 9.17) is 23.2 Å². The number of hydrogen-bond acceptors (Lipinski definition) is 8. The van der Waals surface area contributed by atoms with E-state index in [1.54, 1.807) is 42.7 Å². The Kier molecular flexibility index (Phi) is 9.50. The maximum atomic E-state index is 12.7. The minimum atomic E-state index is -0.785. The normalized spacial score (nSPS) is 12.7. The number of pyridine rings is 1. The van der Waals surface area contributed by atoms with Crippen LogP contribution in [0.5, 0.6) is 0 Å². The largest absolute Gasteiger partial charge is 0.376 e. The molecule has 43 heavy (non-hydrogen) atoms. The van der Waals surface area contributed by atoms with Crippen molar-refractivity contribution in [3.63, 3.8) is 0 Å². The molecule has 2 heterocycles. The molecule has 1 aliphatic carbocycles. The molecule has 4 aromatic rings. The molecule has 0 radical (unpaired) electrons. The van der Waals surface area contributed by atoms with Crippen LogP contribution in [0.25, 0.3) is 5.69 Å². The van der Waals surface area contributed by atoms with Gasteiger partial charge in [0.1, 0.15) is 0 Å². The molecule has 1 saturated carbocycles. The minimum Gasteiger partial charge on any atom is -0.376 e. The summed E-state index contributed by atoms with van der Waals surface area (Å²) in [6, 6.07) is 14.5. The fourth-order valence-electron chi connectivity index (χ4n) is 4.10. The van der Waals surface area contributed by atoms with Crippen LogP contribution in [0.4, 0.5) is 11.4 Å². The zero-order chi connectivity index (χ0) is 30.4. The molecular weight excluding hydrogens is 607 g/mol. The van der Waals surface area contributed by atoms with Crippen molar-refractivity contribution in [2.45, 2.75) is 43.3 Å². The first-order chi connectivity index (χ1) is 20.7. The molecule has 1 fully saturated rings. The first-order valence-electron chi connectivity index (χ1n) is 13.5. The van der Waals surface area contributed by atoms with Gasteiger partial charge in [0, 0.05) is 23.6 Å². The standard InChI is InChI=1S/C30H28Cl2N8O2S/c1-30(2,36-27(41)17-34-22-10-13-33-14-11-22)12-9-19-3-7-25(23(31)15-19)35-28(42)18-43-29-37-38-39-40(29)26-8-6-21(16-24(26)32)20-4-5-20/h3,6-8,10-11,13-16,20H,4-5,17-18H2,1-2H3,(H,33,34)(H,35,42)(H,36,41). The highest BCUT2D eigenvalue weighted by Crippen LogP contribution is 2.41. The summed E-state index contributed by atoms with van der Waals surface area (Å²) < 4.78 is 1.53. The topological polar surface area (TPSA) is 127 Å². The van der Waals surface area contributed by atoms with Crippen molar-refractivity contribution in [1.82, 2.24) is 30.5 Å². The van der Waals surface area contributed by atoms with E-state index in [0.29, 0.717) is 38.1 Å². The summed E-state index contributed by atoms with van der Waals surface area (Å²) in [5.41, 5.74) is 2.97. The fourth-order valence-corrected chi connectivity index (χ4v) is 5.28. The number of carbonyl (C=O) groups is 2. The number of nitrogens with zero attached hydrogens (tertiary/aromatic N) is 5. The van der Waals surface area contributed by atoms with E-state index >= 15 is 0 Å². The van der Waals surface area contributed by atoms with Gasteiger partial charge in [0.15, 0.2) is 0 Å². The molecule has 13 heteroatoms. The van der Waals surface area contributed by atoms with Gasteiger partial charge in [-0.15, -0.1) is 5.10 Å². The lowest BCUT2D eigenvalue weighted by Crippen LogP contribution is -2.44. The van der Waals surface area contributed by atoms with Crippen molar-refractivity contribution < 1.29 is 9.59 Å². The van der Waals surface area contributed by atoms with Gasteiger partial charge in [-0.3, -0.25) is 14.6 Å². The number of aromatic nitrogens is 5. The minimum absolute atomic E-state index is 0.0555. The average molecular weight is 636 g/mol. The van der Waals surface area contributed by atoms with Gasteiger partial charge in [-0.1, -0.05) is 52.9 Å². The van der Waals surface area contributed by atoms with Crippen molar-refractivity contribution in [1.29, 1.82) is 0 Å². The van der Waals surface area contributed by atoms with Gasteiger partial charge in [-0.05, 0) is 91.1 Å². The Morgan fingerprint density at radius 3 is 2.56 bits per heavy atom. The van der Waals surface area contributed by atoms with Crippen LogP contribution < -0.4 is 16.0 Å². The quantitative estimate of drug-likeness (QED) is 0.158. The lowest BCUT2D eigenvalue weighted by atomic mass is 10.1. The Labute approximate surface area is 263 Å². The van der Waals surface area contributed by atoms with Crippen molar-refractivity contribution >= 4 is 58.2 Å². The molecule has 0 bridgehead atoms. The Morgan fingerprint density at radius 2 is 1.84 bits per heavy atom. The first-order valence-corrected chi connectivity index (χ1v) is 15.2. The third kappa shape index (κ3) is 8.47. The zero-order valence-electron chi connectivity index (χ0n) is 23.4. The molecule has 2 aromatic heterocycles. The number of thioether (sulfide) groups is 1. The number of nitrogens with one attached hydrogen (secondary N) is 3. The molecule has 0 unspecified atom stereocenters. The smallest absolute Gasteiger partial charge is 0.240 e. The SMILES string of the molecule is CC(C)(C#Cc1ccc(NC(=O)CSc2nnnn2-c2ccc(C3CC3)cc2Cl)c(Cl)c1)NC(=O)CNc1ccncc1. The van der Waals surface area contributed by atoms with Crippen molar-refractivity contribution in [2.24, 2.45) is 0 Å². The van der Waals surface area contributed by atoms with Crippen molar-refractivity contribution in [3.05, 3.63) is 82.1 Å². The van der Waals surface area contributed by atoms with Crippen LogP contribution in [0, 0.1) is 11.8 Å². The first kappa shape index (κ1) is 30.4. The second-order valence-corrected chi connectivity index (χ2v) is 12.2. The van der Waals surface area contributed by atoms with E-state index in [-0.39, 0.29) is 24.1 Å². The van der Waals surface area contributed by atoms with Gasteiger partial charge in [0.05, 0.1) is 39.3 Å². The Hall–Kier alpha value is -4.11. The van der Waals surface area contributed by atoms with Crippen molar-refractivity contribution in [3.8, 4) is 17.5 Å². The number of anilines is 2. The number of tetrazole rings is 1. The van der Waals surface area contributed by atoms with E-state index in [1.165, 1.54) is 34.8 Å². The third-order valence-electron chi connectivity index (χ3n) is 6.37. The van der Waals surface area contributed by atoms with Crippen molar-refractivity contribution in [2.75, 3.05) is 22.9 Å². The summed E-state index contributed by atoms with van der Waals surface area (Å²) in [6.45, 7) is 3.72. The lowest BCUT2D eigenvalue weighted by molar-refractivity contribution is -0.120. The fraction of sp³-hybridized carbons (Fsp3) is 0.267. The Bertz CT molecular complexity index is 1700. The van der Waals surface area contributed by atoms with Gasteiger partial charge < -0.3 is 16.0 Å². The summed E-state index contributed by atoms with van der Waals surface area (Å²) in [7, 11) is 0. The van der Waals surface area contributed by atoms with E-state index in [1.807, 2.05) is 32.0 Å². The zero-order valence-corrected chi connectivity index (χ0v) is 25.7. The Balaban J connectivity index is 1.13. The highest BCUT2D eigenvalue weighted by atomic mass is 35.5. The highest BCUT2D eigenvalue weighted by Gasteiger charge is 2.24. The predicted molar refractivity (Wildman–Crippen MR) is 169 cm³/mol. The summed E-state index contributed by atoms with van der Waals surface area (Å²) in [4.78, 5) is 29.0. The molecule has 0 spiro atoms. The van der Waals surface area contributed by atoms with Crippen LogP contribution >= 0.6 is 35.0 Å². The van der Waals surface area contributed by atoms with Gasteiger partial charge >= 0.3 is 0 Å². The van der Waals surface area contributed by atoms with Crippen LogP contribution in [0.1, 0.15) is 43.7 Å². The van der Waals surface area contributed by atoms with E-state index < -0.39 is 5.54 Å². The van der Waals surface area contributed by atoms with Gasteiger partial charge in [0.25, 0.3) is 0 Å². The van der Waals surface area contributed by atoms with Gasteiger partial charge in [-0.25, -0.2) is 0 Å². The molecule has 3 N–H and O–H groups in total. The molecule has 0 atom stereocenters. The second kappa shape index (κ2) is 13.5. The van der Waals surface area contributed by atoms with E-state index in [9.17, 15) is 9.59 Å². The molecule has 1 aliphatic rings. The van der Waals surface area contributed by atoms with Crippen LogP contribution in [0.15, 0.2) is 66.1 Å². The lowest BCUT2D eigenvalue weighted by Gasteiger charge is -2.20. The van der Waals surface area contributed by atoms with E-state index in [0.717, 1.165) is 5.69 Å². The van der Waals surface area contributed by atoms with Crippen LogP contribution in [0.3, 0.4) is 0 Å². The number of carbonyl (C=O) groups excluding carboxylic acids is 2. The number of amides is 2. The van der Waals surface area contributed by atoms with Crippen LogP contribution in [0.2, 0.25) is 10.0 Å². The van der Waals surface area contributed by atoms with Gasteiger partial charge in [-0.2, -0.15) is 4.68 Å². The molecule has 10 nitrogen and oxygen atoms in total. The van der Waals surface area contributed by atoms with E-state index in [2.05, 4.69) is 48.3 Å². The maximum Gasteiger partial charge on any atom is 0.240 e. The molecular formula is C30H28Cl2N8O2S. The number of hydrogen-bond donors (Lipinski definition) is 3. The monoisotopic (exact) mass is 634 g/mol. The second-order valence-electron chi connectivity index (χ2n) is 10.4. The number of benzene rings is 2. The Morgan fingerprint density at radius 1 is 1.05 bits per heavy atom. The summed E-state index contributed by atoms with van der Waals surface area (Å²) in [5, 5.41) is 21.9.